The Morgan fingerprint density at radius 2 is 1.62 bits per heavy atom. The largest absolute Gasteiger partial charge is 0.378 e. The van der Waals surface area contributed by atoms with Crippen LogP contribution in [0.5, 0.6) is 0 Å². The molecule has 0 bridgehead atoms. The second-order valence-corrected chi connectivity index (χ2v) is 9.37. The molecule has 1 aromatic carbocycles. The fourth-order valence-electron chi connectivity index (χ4n) is 4.75. The molecule has 0 saturated carbocycles. The van der Waals surface area contributed by atoms with Crippen LogP contribution in [0.15, 0.2) is 48.9 Å². The number of fused-ring (bicyclic) bond motifs is 1. The Kier molecular flexibility index (Phi) is 6.15. The lowest BCUT2D eigenvalue weighted by molar-refractivity contribution is 0.0664. The minimum Gasteiger partial charge on any atom is -0.378 e. The van der Waals surface area contributed by atoms with E-state index >= 15 is 0 Å². The molecule has 1 amide bonds. The molecule has 2 fully saturated rings. The van der Waals surface area contributed by atoms with E-state index in [1.165, 1.54) is 0 Å². The minimum atomic E-state index is 0.0691. The first-order valence-electron chi connectivity index (χ1n) is 12.4. The topological polar surface area (TPSA) is 119 Å². The number of nitrogens with two attached hydrogens (primary N) is 1. The molecule has 0 unspecified atom stereocenters. The number of benzene rings is 1. The van der Waals surface area contributed by atoms with E-state index in [1.807, 2.05) is 46.0 Å². The van der Waals surface area contributed by atoms with E-state index in [1.54, 1.807) is 12.4 Å². The molecule has 3 aromatic heterocycles. The summed E-state index contributed by atoms with van der Waals surface area (Å²) in [6, 6.07) is 9.70. The van der Waals surface area contributed by atoms with Gasteiger partial charge in [-0.25, -0.2) is 15.0 Å². The van der Waals surface area contributed by atoms with E-state index in [-0.39, 0.29) is 11.9 Å². The predicted molar refractivity (Wildman–Crippen MR) is 141 cm³/mol. The summed E-state index contributed by atoms with van der Waals surface area (Å²) in [6.45, 7) is 5.98. The van der Waals surface area contributed by atoms with Gasteiger partial charge in [0.05, 0.1) is 18.9 Å². The highest BCUT2D eigenvalue weighted by molar-refractivity contribution is 5.95. The van der Waals surface area contributed by atoms with E-state index in [2.05, 4.69) is 26.8 Å². The second-order valence-electron chi connectivity index (χ2n) is 9.37. The minimum absolute atomic E-state index is 0.0691. The first kappa shape index (κ1) is 23.3. The Morgan fingerprint density at radius 3 is 2.32 bits per heavy atom. The van der Waals surface area contributed by atoms with Gasteiger partial charge in [0, 0.05) is 80.1 Å². The number of ether oxygens (including phenoxy) is 1. The normalized spacial score (nSPS) is 16.9. The second kappa shape index (κ2) is 9.75. The summed E-state index contributed by atoms with van der Waals surface area (Å²) in [4.78, 5) is 37.5. The fraction of sp³-hybridized carbons (Fsp3) is 0.346. The molecule has 2 saturated heterocycles. The van der Waals surface area contributed by atoms with Gasteiger partial charge in [-0.05, 0) is 37.4 Å². The number of morpholine rings is 1. The van der Waals surface area contributed by atoms with E-state index < -0.39 is 0 Å². The smallest absolute Gasteiger partial charge is 0.253 e. The first-order valence-corrected chi connectivity index (χ1v) is 12.4. The van der Waals surface area contributed by atoms with Gasteiger partial charge < -0.3 is 29.7 Å². The van der Waals surface area contributed by atoms with Crippen LogP contribution >= 0.6 is 0 Å². The monoisotopic (exact) mass is 499 g/mol. The summed E-state index contributed by atoms with van der Waals surface area (Å²) in [5, 5.41) is 0.878. The Morgan fingerprint density at radius 1 is 0.919 bits per heavy atom. The predicted octanol–water partition coefficient (Wildman–Crippen LogP) is 1.68. The Hall–Kier alpha value is -4.09. The number of rotatable bonds is 4. The number of likely N-dealkylation sites (N-methyl/N-ethyl adjacent to an activating group) is 1. The molecule has 11 nitrogen and oxygen atoms in total. The summed E-state index contributed by atoms with van der Waals surface area (Å²) in [7, 11) is 2.08. The Bertz CT molecular complexity index is 1400. The Balaban J connectivity index is 1.37. The highest BCUT2D eigenvalue weighted by Crippen LogP contribution is 2.30. The zero-order valence-corrected chi connectivity index (χ0v) is 20.7. The van der Waals surface area contributed by atoms with Gasteiger partial charge in [-0.2, -0.15) is 4.98 Å². The van der Waals surface area contributed by atoms with Crippen LogP contribution in [0.2, 0.25) is 0 Å². The number of nitrogens with zero attached hydrogens (tertiary/aromatic N) is 8. The molecule has 2 aliphatic heterocycles. The van der Waals surface area contributed by atoms with Crippen LogP contribution in [0.3, 0.4) is 0 Å². The van der Waals surface area contributed by atoms with Crippen molar-refractivity contribution in [2.45, 2.75) is 0 Å². The van der Waals surface area contributed by atoms with E-state index in [0.717, 1.165) is 54.2 Å². The third-order valence-electron chi connectivity index (χ3n) is 6.95. The van der Waals surface area contributed by atoms with Crippen LogP contribution in [0, 0.1) is 0 Å². The van der Waals surface area contributed by atoms with Crippen molar-refractivity contribution in [3.05, 3.63) is 54.5 Å². The third kappa shape index (κ3) is 4.58. The molecule has 11 heteroatoms. The maximum absolute atomic E-state index is 13.0. The summed E-state index contributed by atoms with van der Waals surface area (Å²) >= 11 is 0. The fourth-order valence-corrected chi connectivity index (χ4v) is 4.75. The van der Waals surface area contributed by atoms with Crippen molar-refractivity contribution in [3.8, 4) is 16.9 Å². The van der Waals surface area contributed by atoms with E-state index in [4.69, 9.17) is 20.4 Å². The van der Waals surface area contributed by atoms with Crippen molar-refractivity contribution in [1.29, 1.82) is 0 Å². The summed E-state index contributed by atoms with van der Waals surface area (Å²) in [5.41, 5.74) is 9.60. The number of carbonyl (C=O) groups is 1. The lowest BCUT2D eigenvalue weighted by Gasteiger charge is -2.32. The quantitative estimate of drug-likeness (QED) is 0.447. The summed E-state index contributed by atoms with van der Waals surface area (Å²) in [6.07, 6.45) is 5.34. The lowest BCUT2D eigenvalue weighted by Crippen LogP contribution is -2.47. The van der Waals surface area contributed by atoms with Crippen molar-refractivity contribution in [3.63, 3.8) is 0 Å². The number of anilines is 2. The maximum Gasteiger partial charge on any atom is 0.253 e. The number of amides is 1. The number of hydrogen-bond donors (Lipinski definition) is 1. The molecular formula is C26H29N9O2. The average Bonchev–Trinajstić information content (AvgIpc) is 3.38. The summed E-state index contributed by atoms with van der Waals surface area (Å²) in [5.74, 6) is 0.912. The van der Waals surface area contributed by atoms with Crippen LogP contribution in [0.1, 0.15) is 10.4 Å². The molecule has 4 aromatic rings. The zero-order valence-electron chi connectivity index (χ0n) is 20.7. The highest BCUT2D eigenvalue weighted by Gasteiger charge is 2.22. The van der Waals surface area contributed by atoms with Crippen molar-refractivity contribution in [1.82, 2.24) is 34.3 Å². The van der Waals surface area contributed by atoms with Crippen LogP contribution in [0.4, 0.5) is 11.9 Å². The van der Waals surface area contributed by atoms with Gasteiger partial charge >= 0.3 is 0 Å². The Labute approximate surface area is 214 Å². The molecule has 2 N–H and O–H groups in total. The van der Waals surface area contributed by atoms with Gasteiger partial charge in [-0.3, -0.25) is 4.79 Å². The van der Waals surface area contributed by atoms with Gasteiger partial charge in [-0.1, -0.05) is 0 Å². The molecule has 0 radical (unpaired) electrons. The van der Waals surface area contributed by atoms with Crippen molar-refractivity contribution in [2.75, 3.05) is 70.2 Å². The summed E-state index contributed by atoms with van der Waals surface area (Å²) < 4.78 is 7.55. The van der Waals surface area contributed by atoms with Gasteiger partial charge in [0.15, 0.2) is 5.65 Å². The van der Waals surface area contributed by atoms with Crippen molar-refractivity contribution >= 4 is 28.8 Å². The average molecular weight is 500 g/mol. The lowest BCUT2D eigenvalue weighted by atomic mass is 10.1. The molecule has 6 rings (SSSR count). The number of hydrogen-bond acceptors (Lipinski definition) is 9. The maximum atomic E-state index is 13.0. The van der Waals surface area contributed by atoms with Crippen LogP contribution in [-0.4, -0.2) is 99.7 Å². The highest BCUT2D eigenvalue weighted by atomic mass is 16.5. The first-order chi connectivity index (χ1) is 18.1. The van der Waals surface area contributed by atoms with E-state index in [0.29, 0.717) is 37.8 Å². The molecule has 0 spiro atoms. The van der Waals surface area contributed by atoms with Gasteiger partial charge in [0.25, 0.3) is 5.91 Å². The van der Waals surface area contributed by atoms with Crippen molar-refractivity contribution in [2.24, 2.45) is 0 Å². The van der Waals surface area contributed by atoms with Gasteiger partial charge in [0.2, 0.25) is 11.9 Å². The van der Waals surface area contributed by atoms with Crippen LogP contribution in [-0.2, 0) is 4.74 Å². The van der Waals surface area contributed by atoms with Gasteiger partial charge in [0.1, 0.15) is 0 Å². The molecule has 37 heavy (non-hydrogen) atoms. The van der Waals surface area contributed by atoms with E-state index in [9.17, 15) is 4.79 Å². The zero-order chi connectivity index (χ0) is 25.4. The van der Waals surface area contributed by atoms with Crippen molar-refractivity contribution < 1.29 is 9.53 Å². The third-order valence-corrected chi connectivity index (χ3v) is 6.95. The molecular weight excluding hydrogens is 470 g/mol. The molecule has 2 aliphatic rings. The standard InChI is InChI=1S/C26H29N9O2/c1-32-8-10-33(11-9-32)24(36)18-2-4-20(5-3-18)35-7-6-21-22(19-16-28-25(27)29-17-19)30-26(31-23(21)35)34-12-14-37-15-13-34/h2-7,16-17H,8-15H2,1H3,(H2,27,28,29). The molecule has 190 valence electrons. The number of piperazine rings is 1. The van der Waals surface area contributed by atoms with Crippen LogP contribution < -0.4 is 10.6 Å². The molecule has 0 aliphatic carbocycles. The van der Waals surface area contributed by atoms with Gasteiger partial charge in [-0.15, -0.1) is 0 Å². The molecule has 0 atom stereocenters. The van der Waals surface area contributed by atoms with Crippen LogP contribution in [0.25, 0.3) is 28.0 Å². The number of carbonyl (C=O) groups excluding carboxylic acids is 1. The molecule has 5 heterocycles. The number of aromatic nitrogens is 5. The number of nitrogen functional groups attached to an aromatic ring is 1. The SMILES string of the molecule is CN1CCN(C(=O)c2ccc(-n3ccc4c(-c5cnc(N)nc5)nc(N5CCOCC5)nc43)cc2)CC1.